The summed E-state index contributed by atoms with van der Waals surface area (Å²) >= 11 is 1.50. The van der Waals surface area contributed by atoms with Gasteiger partial charge in [-0.1, -0.05) is 6.07 Å². The number of thiophene rings is 1. The van der Waals surface area contributed by atoms with Gasteiger partial charge in [-0.2, -0.15) is 0 Å². The van der Waals surface area contributed by atoms with Crippen molar-refractivity contribution in [3.05, 3.63) is 77.8 Å². The molecule has 0 aliphatic carbocycles. The molecule has 4 aromatic rings. The number of esters is 1. The van der Waals surface area contributed by atoms with Gasteiger partial charge in [0.2, 0.25) is 0 Å². The first-order chi connectivity index (χ1) is 12.3. The predicted octanol–water partition coefficient (Wildman–Crippen LogP) is 3.95. The topological polar surface area (TPSA) is 70.2 Å². The second kappa shape index (κ2) is 6.74. The van der Waals surface area contributed by atoms with E-state index in [9.17, 15) is 4.79 Å². The molecular weight excluding hydrogens is 338 g/mol. The van der Waals surface area contributed by atoms with E-state index in [1.54, 1.807) is 12.1 Å². The lowest BCUT2D eigenvalue weighted by molar-refractivity contribution is 0.0438. The molecule has 0 saturated carbocycles. The molecule has 124 valence electrons. The minimum atomic E-state index is -0.435. The summed E-state index contributed by atoms with van der Waals surface area (Å²) in [6.45, 7) is -0.0590. The molecule has 0 radical (unpaired) electrons. The van der Waals surface area contributed by atoms with Gasteiger partial charge in [0.1, 0.15) is 0 Å². The van der Waals surface area contributed by atoms with Crippen molar-refractivity contribution in [1.29, 1.82) is 0 Å². The average Bonchev–Trinajstić information content (AvgIpc) is 3.42. The van der Waals surface area contributed by atoms with Crippen LogP contribution < -0.4 is 0 Å². The summed E-state index contributed by atoms with van der Waals surface area (Å²) in [6, 6.07) is 14.8. The van der Waals surface area contributed by atoms with Crippen molar-refractivity contribution in [1.82, 2.24) is 14.8 Å². The van der Waals surface area contributed by atoms with Crippen LogP contribution in [0.5, 0.6) is 0 Å². The van der Waals surface area contributed by atoms with Gasteiger partial charge in [-0.3, -0.25) is 0 Å². The van der Waals surface area contributed by atoms with Gasteiger partial charge < -0.3 is 13.7 Å². The molecule has 0 N–H and O–H groups in total. The van der Waals surface area contributed by atoms with Crippen LogP contribution in [0.15, 0.2) is 70.7 Å². The van der Waals surface area contributed by atoms with E-state index in [2.05, 4.69) is 10.2 Å². The molecule has 0 aliphatic heterocycles. The van der Waals surface area contributed by atoms with Gasteiger partial charge in [0.15, 0.2) is 6.61 Å². The summed E-state index contributed by atoms with van der Waals surface area (Å²) in [4.78, 5) is 13.0. The fourth-order valence-electron chi connectivity index (χ4n) is 2.30. The Hall–Kier alpha value is -3.19. The highest BCUT2D eigenvalue weighted by Crippen LogP contribution is 2.23. The van der Waals surface area contributed by atoms with Crippen LogP contribution in [0.25, 0.3) is 16.5 Å². The van der Waals surface area contributed by atoms with Crippen LogP contribution in [-0.4, -0.2) is 20.7 Å². The molecule has 0 saturated heterocycles. The molecule has 4 rings (SSSR count). The summed E-state index contributed by atoms with van der Waals surface area (Å²) in [5.74, 6) is 0.257. The standard InChI is InChI=1S/C18H13N3O3S/c22-18(13-5-7-14(8-6-13)21-9-1-2-10-21)23-12-16-19-20-17(24-16)15-4-3-11-25-15/h1-11H,12H2. The Morgan fingerprint density at radius 1 is 1.08 bits per heavy atom. The zero-order chi connectivity index (χ0) is 17.1. The number of hydrogen-bond donors (Lipinski definition) is 0. The molecule has 6 nitrogen and oxygen atoms in total. The van der Waals surface area contributed by atoms with Crippen molar-refractivity contribution in [2.75, 3.05) is 0 Å². The number of ether oxygens (including phenoxy) is 1. The zero-order valence-electron chi connectivity index (χ0n) is 13.0. The number of aromatic nitrogens is 3. The fourth-order valence-corrected chi connectivity index (χ4v) is 2.94. The van der Waals surface area contributed by atoms with E-state index in [-0.39, 0.29) is 12.5 Å². The molecule has 0 spiro atoms. The predicted molar refractivity (Wildman–Crippen MR) is 92.5 cm³/mol. The first kappa shape index (κ1) is 15.3. The first-order valence-corrected chi connectivity index (χ1v) is 8.44. The van der Waals surface area contributed by atoms with Crippen LogP contribution in [0.2, 0.25) is 0 Å². The number of nitrogens with zero attached hydrogens (tertiary/aromatic N) is 3. The molecule has 0 bridgehead atoms. The number of carbonyl (C=O) groups is 1. The van der Waals surface area contributed by atoms with Gasteiger partial charge in [-0.05, 0) is 47.8 Å². The Balaban J connectivity index is 1.39. The van der Waals surface area contributed by atoms with Crippen LogP contribution in [-0.2, 0) is 11.3 Å². The summed E-state index contributed by atoms with van der Waals surface area (Å²) in [5, 5.41) is 9.77. The highest BCUT2D eigenvalue weighted by Gasteiger charge is 2.13. The Morgan fingerprint density at radius 2 is 1.88 bits per heavy atom. The summed E-state index contributed by atoms with van der Waals surface area (Å²) in [7, 11) is 0. The lowest BCUT2D eigenvalue weighted by atomic mass is 10.2. The van der Waals surface area contributed by atoms with Crippen molar-refractivity contribution in [2.24, 2.45) is 0 Å². The van der Waals surface area contributed by atoms with Gasteiger partial charge in [-0.25, -0.2) is 4.79 Å². The van der Waals surface area contributed by atoms with Crippen LogP contribution in [0.1, 0.15) is 16.2 Å². The quantitative estimate of drug-likeness (QED) is 0.509. The zero-order valence-corrected chi connectivity index (χ0v) is 13.8. The van der Waals surface area contributed by atoms with Gasteiger partial charge in [0.05, 0.1) is 10.4 Å². The Bertz CT molecular complexity index is 958. The fraction of sp³-hybridized carbons (Fsp3) is 0.0556. The van der Waals surface area contributed by atoms with E-state index in [1.807, 2.05) is 58.7 Å². The Labute approximate surface area is 147 Å². The minimum Gasteiger partial charge on any atom is -0.452 e. The van der Waals surface area contributed by atoms with E-state index in [4.69, 9.17) is 9.15 Å². The lowest BCUT2D eigenvalue weighted by Gasteiger charge is -2.05. The molecule has 0 amide bonds. The van der Waals surface area contributed by atoms with Crippen LogP contribution in [0.4, 0.5) is 0 Å². The van der Waals surface area contributed by atoms with Crippen molar-refractivity contribution in [3.63, 3.8) is 0 Å². The normalized spacial score (nSPS) is 10.7. The number of rotatable bonds is 5. The third kappa shape index (κ3) is 3.36. The number of carbonyl (C=O) groups excluding carboxylic acids is 1. The van der Waals surface area contributed by atoms with E-state index in [0.717, 1.165) is 10.6 Å². The molecule has 25 heavy (non-hydrogen) atoms. The Kier molecular flexibility index (Phi) is 4.14. The molecule has 3 aromatic heterocycles. The summed E-state index contributed by atoms with van der Waals surface area (Å²) in [6.07, 6.45) is 3.88. The van der Waals surface area contributed by atoms with E-state index >= 15 is 0 Å². The number of benzene rings is 1. The van der Waals surface area contributed by atoms with Gasteiger partial charge in [-0.15, -0.1) is 21.5 Å². The van der Waals surface area contributed by atoms with Gasteiger partial charge in [0.25, 0.3) is 11.8 Å². The van der Waals surface area contributed by atoms with E-state index in [1.165, 1.54) is 11.3 Å². The maximum absolute atomic E-state index is 12.1. The average molecular weight is 351 g/mol. The van der Waals surface area contributed by atoms with Crippen LogP contribution in [0, 0.1) is 0 Å². The second-order valence-electron chi connectivity index (χ2n) is 5.19. The van der Waals surface area contributed by atoms with Crippen LogP contribution >= 0.6 is 11.3 Å². The van der Waals surface area contributed by atoms with E-state index < -0.39 is 5.97 Å². The maximum Gasteiger partial charge on any atom is 0.338 e. The molecular formula is C18H13N3O3S. The first-order valence-electron chi connectivity index (χ1n) is 7.56. The summed E-state index contributed by atoms with van der Waals surface area (Å²) in [5.41, 5.74) is 1.44. The van der Waals surface area contributed by atoms with Crippen LogP contribution in [0.3, 0.4) is 0 Å². The Morgan fingerprint density at radius 3 is 2.60 bits per heavy atom. The molecule has 0 aliphatic rings. The lowest BCUT2D eigenvalue weighted by Crippen LogP contribution is -2.05. The van der Waals surface area contributed by atoms with Crippen molar-refractivity contribution in [3.8, 4) is 16.5 Å². The molecule has 3 heterocycles. The third-order valence-corrected chi connectivity index (χ3v) is 4.39. The highest BCUT2D eigenvalue weighted by atomic mass is 32.1. The highest BCUT2D eigenvalue weighted by molar-refractivity contribution is 7.13. The van der Waals surface area contributed by atoms with Gasteiger partial charge in [0, 0.05) is 18.1 Å². The van der Waals surface area contributed by atoms with Crippen molar-refractivity contribution < 1.29 is 13.9 Å². The molecule has 0 atom stereocenters. The van der Waals surface area contributed by atoms with Crippen molar-refractivity contribution >= 4 is 17.3 Å². The molecule has 0 fully saturated rings. The summed E-state index contributed by atoms with van der Waals surface area (Å²) < 4.78 is 12.7. The monoisotopic (exact) mass is 351 g/mol. The van der Waals surface area contributed by atoms with E-state index in [0.29, 0.717) is 11.5 Å². The minimum absolute atomic E-state index is 0.0590. The second-order valence-corrected chi connectivity index (χ2v) is 6.14. The maximum atomic E-state index is 12.1. The molecule has 0 unspecified atom stereocenters. The number of hydrogen-bond acceptors (Lipinski definition) is 6. The molecule has 7 heteroatoms. The van der Waals surface area contributed by atoms with Crippen molar-refractivity contribution in [2.45, 2.75) is 6.61 Å². The molecule has 1 aromatic carbocycles. The smallest absolute Gasteiger partial charge is 0.338 e. The SMILES string of the molecule is O=C(OCc1nnc(-c2cccs2)o1)c1ccc(-n2cccc2)cc1. The van der Waals surface area contributed by atoms with Gasteiger partial charge >= 0.3 is 5.97 Å². The third-order valence-electron chi connectivity index (χ3n) is 3.53. The largest absolute Gasteiger partial charge is 0.452 e.